The Bertz CT molecular complexity index is 1070. The van der Waals surface area contributed by atoms with Crippen molar-refractivity contribution in [3.63, 3.8) is 0 Å². The molecule has 1 unspecified atom stereocenters. The van der Waals surface area contributed by atoms with E-state index in [1.54, 1.807) is 6.92 Å². The average molecular weight is 537 g/mol. The van der Waals surface area contributed by atoms with Crippen LogP contribution in [0.1, 0.15) is 71.9 Å². The Morgan fingerprint density at radius 2 is 1.78 bits per heavy atom. The molecule has 1 aliphatic rings. The SMILES string of the molecule is CC(C)Nc1nc(C(C)O)c(CO[Si](C)(C)C(C)(C)C)nc1N1CCC(Oc2ccc(F)cc2F)CC1. The van der Waals surface area contributed by atoms with Crippen molar-refractivity contribution in [3.05, 3.63) is 41.2 Å². The summed E-state index contributed by atoms with van der Waals surface area (Å²) in [5.41, 5.74) is 1.14. The van der Waals surface area contributed by atoms with Gasteiger partial charge in [0.05, 0.1) is 24.1 Å². The van der Waals surface area contributed by atoms with Crippen molar-refractivity contribution in [1.82, 2.24) is 9.97 Å². The van der Waals surface area contributed by atoms with E-state index in [9.17, 15) is 13.9 Å². The summed E-state index contributed by atoms with van der Waals surface area (Å²) >= 11 is 0. The molecule has 0 bridgehead atoms. The molecule has 1 saturated heterocycles. The Kier molecular flexibility index (Phi) is 9.18. The number of aliphatic hydroxyl groups excluding tert-OH is 1. The van der Waals surface area contributed by atoms with Crippen LogP contribution in [0.3, 0.4) is 0 Å². The summed E-state index contributed by atoms with van der Waals surface area (Å²) in [6, 6.07) is 3.48. The molecule has 0 spiro atoms. The molecule has 2 N–H and O–H groups in total. The van der Waals surface area contributed by atoms with Gasteiger partial charge in [0.2, 0.25) is 0 Å². The van der Waals surface area contributed by atoms with Crippen LogP contribution in [0, 0.1) is 11.6 Å². The van der Waals surface area contributed by atoms with Crippen molar-refractivity contribution >= 4 is 20.0 Å². The molecular weight excluding hydrogens is 494 g/mol. The highest BCUT2D eigenvalue weighted by molar-refractivity contribution is 6.74. The zero-order chi connectivity index (χ0) is 27.5. The van der Waals surface area contributed by atoms with Crippen LogP contribution in [-0.4, -0.2) is 48.6 Å². The fourth-order valence-electron chi connectivity index (χ4n) is 3.91. The Hall–Kier alpha value is -2.30. The molecule has 1 fully saturated rings. The van der Waals surface area contributed by atoms with Gasteiger partial charge in [-0.3, -0.25) is 0 Å². The van der Waals surface area contributed by atoms with Crippen molar-refractivity contribution in [1.29, 1.82) is 0 Å². The summed E-state index contributed by atoms with van der Waals surface area (Å²) in [7, 11) is -2.05. The van der Waals surface area contributed by atoms with Gasteiger partial charge in [-0.2, -0.15) is 0 Å². The third-order valence-corrected chi connectivity index (χ3v) is 11.6. The highest BCUT2D eigenvalue weighted by Gasteiger charge is 2.37. The fourth-order valence-corrected chi connectivity index (χ4v) is 4.84. The topological polar surface area (TPSA) is 79.7 Å². The molecule has 10 heteroatoms. The van der Waals surface area contributed by atoms with Crippen molar-refractivity contribution in [3.8, 4) is 5.75 Å². The number of hydrogen-bond acceptors (Lipinski definition) is 7. The molecule has 0 radical (unpaired) electrons. The smallest absolute Gasteiger partial charge is 0.192 e. The van der Waals surface area contributed by atoms with Crippen LogP contribution in [0.4, 0.5) is 20.4 Å². The quantitative estimate of drug-likeness (QED) is 0.370. The van der Waals surface area contributed by atoms with Crippen LogP contribution in [0.5, 0.6) is 5.75 Å². The minimum Gasteiger partial charge on any atom is -0.487 e. The molecule has 2 heterocycles. The summed E-state index contributed by atoms with van der Waals surface area (Å²) in [5, 5.41) is 13.9. The largest absolute Gasteiger partial charge is 0.487 e. The second-order valence-corrected chi connectivity index (χ2v) is 16.4. The van der Waals surface area contributed by atoms with Gasteiger partial charge in [-0.15, -0.1) is 0 Å². The van der Waals surface area contributed by atoms with E-state index < -0.39 is 26.1 Å². The second-order valence-electron chi connectivity index (χ2n) is 11.6. The van der Waals surface area contributed by atoms with E-state index >= 15 is 0 Å². The number of anilines is 2. The van der Waals surface area contributed by atoms with E-state index in [2.05, 4.69) is 44.1 Å². The summed E-state index contributed by atoms with van der Waals surface area (Å²) in [4.78, 5) is 11.9. The van der Waals surface area contributed by atoms with E-state index in [0.717, 1.165) is 6.07 Å². The summed E-state index contributed by atoms with van der Waals surface area (Å²) < 4.78 is 39.6. The Balaban J connectivity index is 1.84. The second kappa shape index (κ2) is 11.6. The highest BCUT2D eigenvalue weighted by Crippen LogP contribution is 2.38. The van der Waals surface area contributed by atoms with Crippen LogP contribution in [0.25, 0.3) is 0 Å². The summed E-state index contributed by atoms with van der Waals surface area (Å²) in [6.07, 6.45) is 0.307. The van der Waals surface area contributed by atoms with Crippen molar-refractivity contribution in [2.45, 2.75) is 97.4 Å². The maximum atomic E-state index is 14.1. The minimum absolute atomic E-state index is 0.0409. The van der Waals surface area contributed by atoms with Gasteiger partial charge in [0, 0.05) is 38.0 Å². The minimum atomic E-state index is -2.05. The van der Waals surface area contributed by atoms with E-state index in [0.29, 0.717) is 49.0 Å². The first-order valence-electron chi connectivity index (χ1n) is 13.0. The van der Waals surface area contributed by atoms with E-state index in [-0.39, 0.29) is 29.5 Å². The van der Waals surface area contributed by atoms with Gasteiger partial charge in [-0.25, -0.2) is 18.7 Å². The van der Waals surface area contributed by atoms with Gasteiger partial charge >= 0.3 is 0 Å². The molecule has 0 saturated carbocycles. The molecule has 3 rings (SSSR count). The number of rotatable bonds is 9. The predicted octanol–water partition coefficient (Wildman–Crippen LogP) is 6.20. The van der Waals surface area contributed by atoms with E-state index in [1.165, 1.54) is 12.1 Å². The Labute approximate surface area is 220 Å². The number of halogens is 2. The summed E-state index contributed by atoms with van der Waals surface area (Å²) in [6.45, 7) is 18.2. The van der Waals surface area contributed by atoms with Crippen LogP contribution in [0.15, 0.2) is 18.2 Å². The molecular formula is C27H42F2N4O3Si. The highest BCUT2D eigenvalue weighted by atomic mass is 28.4. The Morgan fingerprint density at radius 3 is 2.32 bits per heavy atom. The first kappa shape index (κ1) is 29.3. The van der Waals surface area contributed by atoms with Crippen LogP contribution >= 0.6 is 0 Å². The number of ether oxygens (including phenoxy) is 1. The standard InChI is InChI=1S/C27H42F2N4O3Si/c1-17(2)30-25-26(31-22(24(32-25)18(3)34)16-35-37(7,8)27(4,5)6)33-13-11-20(12-14-33)36-23-10-9-19(28)15-21(23)29/h9-10,15,17-18,20,34H,11-14,16H2,1-8H3,(H,30,32). The first-order valence-corrected chi connectivity index (χ1v) is 15.9. The van der Waals surface area contributed by atoms with Crippen molar-refractivity contribution < 1.29 is 23.1 Å². The zero-order valence-corrected chi connectivity index (χ0v) is 24.4. The number of aliphatic hydroxyl groups is 1. The van der Waals surface area contributed by atoms with Gasteiger partial charge in [0.25, 0.3) is 0 Å². The lowest BCUT2D eigenvalue weighted by Crippen LogP contribution is -2.41. The molecule has 206 valence electrons. The molecule has 0 aliphatic carbocycles. The van der Waals surface area contributed by atoms with Gasteiger partial charge in [-0.1, -0.05) is 20.8 Å². The molecule has 1 aliphatic heterocycles. The molecule has 1 aromatic carbocycles. The van der Waals surface area contributed by atoms with Crippen molar-refractivity contribution in [2.24, 2.45) is 0 Å². The number of nitrogens with zero attached hydrogens (tertiary/aromatic N) is 3. The maximum absolute atomic E-state index is 14.1. The number of aromatic nitrogens is 2. The first-order chi connectivity index (χ1) is 17.2. The number of nitrogens with one attached hydrogen (secondary N) is 1. The van der Waals surface area contributed by atoms with Gasteiger partial charge in [0.1, 0.15) is 11.9 Å². The lowest BCUT2D eigenvalue weighted by atomic mass is 10.1. The normalized spacial score (nSPS) is 16.3. The van der Waals surface area contributed by atoms with Gasteiger partial charge in [0.15, 0.2) is 31.5 Å². The van der Waals surface area contributed by atoms with E-state index in [1.807, 2.05) is 13.8 Å². The molecule has 7 nitrogen and oxygen atoms in total. The fraction of sp³-hybridized carbons (Fsp3) is 0.630. The number of benzene rings is 1. The average Bonchev–Trinajstić information content (AvgIpc) is 2.79. The van der Waals surface area contributed by atoms with Crippen LogP contribution < -0.4 is 15.0 Å². The van der Waals surface area contributed by atoms with Crippen LogP contribution in [0.2, 0.25) is 18.1 Å². The number of piperidine rings is 1. The van der Waals surface area contributed by atoms with Gasteiger partial charge in [-0.05, 0) is 51.0 Å². The third-order valence-electron chi connectivity index (χ3n) is 7.11. The molecule has 2 aromatic rings. The third kappa shape index (κ3) is 7.39. The molecule has 0 amide bonds. The maximum Gasteiger partial charge on any atom is 0.192 e. The van der Waals surface area contributed by atoms with Crippen molar-refractivity contribution in [2.75, 3.05) is 23.3 Å². The Morgan fingerprint density at radius 1 is 1.14 bits per heavy atom. The summed E-state index contributed by atoms with van der Waals surface area (Å²) in [5.74, 6) is 0.0617. The van der Waals surface area contributed by atoms with Crippen LogP contribution in [-0.2, 0) is 11.0 Å². The monoisotopic (exact) mass is 536 g/mol. The van der Waals surface area contributed by atoms with Gasteiger partial charge < -0.3 is 24.5 Å². The molecule has 1 aromatic heterocycles. The molecule has 1 atom stereocenters. The lowest BCUT2D eigenvalue weighted by molar-refractivity contribution is 0.163. The van der Waals surface area contributed by atoms with E-state index in [4.69, 9.17) is 19.1 Å². The lowest BCUT2D eigenvalue weighted by Gasteiger charge is -2.37. The predicted molar refractivity (Wildman–Crippen MR) is 146 cm³/mol. The molecule has 37 heavy (non-hydrogen) atoms. The number of hydrogen-bond donors (Lipinski definition) is 2. The zero-order valence-electron chi connectivity index (χ0n) is 23.4.